The second-order valence-electron chi connectivity index (χ2n) is 5.46. The lowest BCUT2D eigenvalue weighted by Crippen LogP contribution is -2.49. The average Bonchev–Trinajstić information content (AvgIpc) is 2.45. The first kappa shape index (κ1) is 14.5. The Morgan fingerprint density at radius 1 is 1.16 bits per heavy atom. The molecule has 1 aliphatic heterocycles. The molecule has 0 amide bonds. The van der Waals surface area contributed by atoms with Crippen molar-refractivity contribution in [3.63, 3.8) is 0 Å². The number of rotatable bonds is 4. The molecule has 2 rings (SSSR count). The van der Waals surface area contributed by atoms with Crippen LogP contribution in [0.5, 0.6) is 0 Å². The summed E-state index contributed by atoms with van der Waals surface area (Å²) in [6.07, 6.45) is 0.290. The molecule has 0 unspecified atom stereocenters. The lowest BCUT2D eigenvalue weighted by Gasteiger charge is -2.42. The van der Waals surface area contributed by atoms with Crippen LogP contribution >= 0.6 is 0 Å². The van der Waals surface area contributed by atoms with E-state index >= 15 is 0 Å². The maximum Gasteiger partial charge on any atom is 0.163 e. The van der Waals surface area contributed by atoms with Gasteiger partial charge in [-0.1, -0.05) is 51.1 Å². The first-order valence-corrected chi connectivity index (χ1v) is 7.12. The van der Waals surface area contributed by atoms with Crippen LogP contribution < -0.4 is 0 Å². The van der Waals surface area contributed by atoms with Crippen molar-refractivity contribution in [1.82, 2.24) is 0 Å². The minimum absolute atomic E-state index is 0.00140. The Labute approximate surface area is 115 Å². The highest BCUT2D eigenvalue weighted by Gasteiger charge is 2.40. The van der Waals surface area contributed by atoms with E-state index in [1.54, 1.807) is 0 Å². The normalized spacial score (nSPS) is 35.3. The molecule has 3 nitrogen and oxygen atoms in total. The van der Waals surface area contributed by atoms with Gasteiger partial charge in [0.1, 0.15) is 0 Å². The van der Waals surface area contributed by atoms with E-state index in [-0.39, 0.29) is 30.3 Å². The van der Waals surface area contributed by atoms with Gasteiger partial charge in [0.2, 0.25) is 0 Å². The predicted octanol–water partition coefficient (Wildman–Crippen LogP) is 2.97. The van der Waals surface area contributed by atoms with Crippen LogP contribution in [0, 0.1) is 11.8 Å². The molecule has 1 heterocycles. The largest absolute Gasteiger partial charge is 0.392 e. The second-order valence-corrected chi connectivity index (χ2v) is 5.46. The fourth-order valence-electron chi connectivity index (χ4n) is 2.69. The van der Waals surface area contributed by atoms with Crippen molar-refractivity contribution in [3.8, 4) is 0 Å². The number of hydrogen-bond acceptors (Lipinski definition) is 3. The molecule has 0 aromatic heterocycles. The van der Waals surface area contributed by atoms with E-state index in [0.29, 0.717) is 6.61 Å². The van der Waals surface area contributed by atoms with Crippen molar-refractivity contribution < 1.29 is 14.6 Å². The highest BCUT2D eigenvalue weighted by molar-refractivity contribution is 5.13. The number of benzene rings is 1. The first-order valence-electron chi connectivity index (χ1n) is 7.12. The van der Waals surface area contributed by atoms with Crippen LogP contribution in [0.4, 0.5) is 0 Å². The van der Waals surface area contributed by atoms with Gasteiger partial charge in [0.25, 0.3) is 0 Å². The summed E-state index contributed by atoms with van der Waals surface area (Å²) >= 11 is 0. The van der Waals surface area contributed by atoms with Crippen molar-refractivity contribution in [2.24, 2.45) is 11.8 Å². The summed E-state index contributed by atoms with van der Waals surface area (Å²) < 4.78 is 11.8. The molecule has 0 spiro atoms. The van der Waals surface area contributed by atoms with E-state index in [1.807, 2.05) is 44.2 Å². The van der Waals surface area contributed by atoms with Gasteiger partial charge in [0.05, 0.1) is 18.8 Å². The highest BCUT2D eigenvalue weighted by atomic mass is 16.7. The molecule has 5 atom stereocenters. The predicted molar refractivity (Wildman–Crippen MR) is 74.5 cm³/mol. The molecule has 1 aliphatic rings. The summed E-state index contributed by atoms with van der Waals surface area (Å²) in [7, 11) is 0. The van der Waals surface area contributed by atoms with Crippen molar-refractivity contribution in [2.45, 2.75) is 52.3 Å². The van der Waals surface area contributed by atoms with Crippen molar-refractivity contribution >= 4 is 0 Å². The van der Waals surface area contributed by atoms with E-state index in [0.717, 1.165) is 12.0 Å². The van der Waals surface area contributed by atoms with Crippen LogP contribution in [0.25, 0.3) is 0 Å². The van der Waals surface area contributed by atoms with Gasteiger partial charge in [0, 0.05) is 11.8 Å². The molecule has 1 aromatic carbocycles. The van der Waals surface area contributed by atoms with Gasteiger partial charge < -0.3 is 14.6 Å². The standard InChI is InChI=1S/C16H24O3/c1-4-14-11(2)15(17)12(3)16(19-14)18-10-13-8-6-5-7-9-13/h5-9,11-12,14-17H,4,10H2,1-3H3/t11-,12-,14+,15+,16+/m0/s1. The third kappa shape index (κ3) is 3.35. The van der Waals surface area contributed by atoms with Gasteiger partial charge in [-0.15, -0.1) is 0 Å². The minimum atomic E-state index is -0.362. The van der Waals surface area contributed by atoms with E-state index in [1.165, 1.54) is 0 Å². The molecule has 0 bridgehead atoms. The molecular formula is C16H24O3. The summed E-state index contributed by atoms with van der Waals surface area (Å²) in [4.78, 5) is 0. The Hall–Kier alpha value is -0.900. The van der Waals surface area contributed by atoms with E-state index in [2.05, 4.69) is 6.92 Å². The third-order valence-electron chi connectivity index (χ3n) is 4.06. The minimum Gasteiger partial charge on any atom is -0.392 e. The maximum absolute atomic E-state index is 10.3. The Morgan fingerprint density at radius 2 is 1.84 bits per heavy atom. The molecule has 0 radical (unpaired) electrons. The van der Waals surface area contributed by atoms with Gasteiger partial charge in [0.15, 0.2) is 6.29 Å². The smallest absolute Gasteiger partial charge is 0.163 e. The summed E-state index contributed by atoms with van der Waals surface area (Å²) in [6.45, 7) is 6.64. The monoisotopic (exact) mass is 264 g/mol. The molecule has 1 N–H and O–H groups in total. The molecule has 1 saturated heterocycles. The van der Waals surface area contributed by atoms with Crippen LogP contribution in [-0.2, 0) is 16.1 Å². The summed E-state index contributed by atoms with van der Waals surface area (Å²) in [5, 5.41) is 10.3. The quantitative estimate of drug-likeness (QED) is 0.908. The molecule has 3 heteroatoms. The summed E-state index contributed by atoms with van der Waals surface area (Å²) in [5.74, 6) is 0.165. The molecular weight excluding hydrogens is 240 g/mol. The Morgan fingerprint density at radius 3 is 2.47 bits per heavy atom. The number of aliphatic hydroxyl groups excluding tert-OH is 1. The van der Waals surface area contributed by atoms with Crippen LogP contribution in [0.15, 0.2) is 30.3 Å². The van der Waals surface area contributed by atoms with Gasteiger partial charge in [-0.3, -0.25) is 0 Å². The highest BCUT2D eigenvalue weighted by Crippen LogP contribution is 2.32. The van der Waals surface area contributed by atoms with Crippen LogP contribution in [-0.4, -0.2) is 23.6 Å². The lowest BCUT2D eigenvalue weighted by atomic mass is 9.85. The van der Waals surface area contributed by atoms with Crippen LogP contribution in [0.1, 0.15) is 32.8 Å². The zero-order valence-corrected chi connectivity index (χ0v) is 12.0. The fraction of sp³-hybridized carbons (Fsp3) is 0.625. The molecule has 19 heavy (non-hydrogen) atoms. The Balaban J connectivity index is 1.95. The van der Waals surface area contributed by atoms with Crippen molar-refractivity contribution in [3.05, 3.63) is 35.9 Å². The van der Waals surface area contributed by atoms with Gasteiger partial charge in [-0.2, -0.15) is 0 Å². The summed E-state index contributed by atoms with van der Waals surface area (Å²) in [6, 6.07) is 10.0. The molecule has 106 valence electrons. The van der Waals surface area contributed by atoms with E-state index < -0.39 is 0 Å². The molecule has 1 fully saturated rings. The van der Waals surface area contributed by atoms with E-state index in [4.69, 9.17) is 9.47 Å². The number of hydrogen-bond donors (Lipinski definition) is 1. The van der Waals surface area contributed by atoms with E-state index in [9.17, 15) is 5.11 Å². The van der Waals surface area contributed by atoms with Gasteiger partial charge in [-0.25, -0.2) is 0 Å². The molecule has 0 saturated carbocycles. The second kappa shape index (κ2) is 6.51. The van der Waals surface area contributed by atoms with Crippen LogP contribution in [0.3, 0.4) is 0 Å². The first-order chi connectivity index (χ1) is 9.13. The molecule has 1 aromatic rings. The van der Waals surface area contributed by atoms with Crippen LogP contribution in [0.2, 0.25) is 0 Å². The maximum atomic E-state index is 10.3. The van der Waals surface area contributed by atoms with Gasteiger partial charge >= 0.3 is 0 Å². The Bertz CT molecular complexity index is 377. The van der Waals surface area contributed by atoms with Gasteiger partial charge in [-0.05, 0) is 12.0 Å². The zero-order chi connectivity index (χ0) is 13.8. The number of aliphatic hydroxyl groups is 1. The van der Waals surface area contributed by atoms with Crippen molar-refractivity contribution in [2.75, 3.05) is 0 Å². The summed E-state index contributed by atoms with van der Waals surface area (Å²) in [5.41, 5.74) is 1.12. The number of ether oxygens (including phenoxy) is 2. The average molecular weight is 264 g/mol. The topological polar surface area (TPSA) is 38.7 Å². The molecule has 0 aliphatic carbocycles. The van der Waals surface area contributed by atoms with Crippen molar-refractivity contribution in [1.29, 1.82) is 0 Å². The fourth-order valence-corrected chi connectivity index (χ4v) is 2.69. The lowest BCUT2D eigenvalue weighted by molar-refractivity contribution is -0.266. The Kier molecular flexibility index (Phi) is 4.97. The zero-order valence-electron chi connectivity index (χ0n) is 12.0. The third-order valence-corrected chi connectivity index (χ3v) is 4.06. The SMILES string of the molecule is CC[C@H]1O[C@@H](OCc2ccccc2)[C@@H](C)[C@H](O)[C@H]1C.